The number of pyridine rings is 1. The summed E-state index contributed by atoms with van der Waals surface area (Å²) in [5.41, 5.74) is 1.67. The van der Waals surface area contributed by atoms with Crippen molar-refractivity contribution in [3.05, 3.63) is 48.3 Å². The molecule has 0 amide bonds. The zero-order chi connectivity index (χ0) is 14.1. The van der Waals surface area contributed by atoms with E-state index in [2.05, 4.69) is 21.5 Å². The molecule has 0 spiro atoms. The van der Waals surface area contributed by atoms with E-state index in [1.54, 1.807) is 5.01 Å². The van der Waals surface area contributed by atoms with Crippen LogP contribution in [0.4, 0.5) is 5.69 Å². The maximum atomic E-state index is 11.2. The summed E-state index contributed by atoms with van der Waals surface area (Å²) >= 11 is 0. The SMILES string of the molecule is CN1N=C2C=CC=CC2C1Nc1cnccc1C(=O)O. The Labute approximate surface area is 116 Å². The second-order valence-electron chi connectivity index (χ2n) is 4.68. The van der Waals surface area contributed by atoms with Gasteiger partial charge < -0.3 is 10.4 Å². The number of anilines is 1. The molecule has 1 aromatic rings. The Morgan fingerprint density at radius 1 is 1.45 bits per heavy atom. The first-order valence-corrected chi connectivity index (χ1v) is 6.27. The topological polar surface area (TPSA) is 77.8 Å². The predicted molar refractivity (Wildman–Crippen MR) is 75.6 cm³/mol. The highest BCUT2D eigenvalue weighted by molar-refractivity contribution is 6.01. The average molecular weight is 270 g/mol. The van der Waals surface area contributed by atoms with Crippen LogP contribution in [0.3, 0.4) is 0 Å². The van der Waals surface area contributed by atoms with Crippen LogP contribution in [0.5, 0.6) is 0 Å². The highest BCUT2D eigenvalue weighted by atomic mass is 16.4. The van der Waals surface area contributed by atoms with E-state index in [1.807, 2.05) is 25.3 Å². The number of carboxylic acids is 1. The third-order valence-corrected chi connectivity index (χ3v) is 3.41. The van der Waals surface area contributed by atoms with E-state index < -0.39 is 5.97 Å². The highest BCUT2D eigenvalue weighted by Crippen LogP contribution is 2.27. The lowest BCUT2D eigenvalue weighted by molar-refractivity contribution is 0.0697. The van der Waals surface area contributed by atoms with Crippen molar-refractivity contribution in [2.24, 2.45) is 11.0 Å². The molecule has 0 saturated carbocycles. The van der Waals surface area contributed by atoms with E-state index in [0.717, 1.165) is 5.71 Å². The number of carbonyl (C=O) groups is 1. The number of allylic oxidation sites excluding steroid dienone is 3. The van der Waals surface area contributed by atoms with Crippen LogP contribution >= 0.6 is 0 Å². The maximum absolute atomic E-state index is 11.2. The molecule has 2 atom stereocenters. The molecule has 0 saturated heterocycles. The lowest BCUT2D eigenvalue weighted by Gasteiger charge is -2.26. The fourth-order valence-electron chi connectivity index (χ4n) is 2.43. The number of carboxylic acid groups (broad SMARTS) is 1. The molecule has 20 heavy (non-hydrogen) atoms. The molecular formula is C14H14N4O2. The lowest BCUT2D eigenvalue weighted by atomic mass is 9.96. The minimum absolute atomic E-state index is 0.104. The van der Waals surface area contributed by atoms with Crippen molar-refractivity contribution in [2.45, 2.75) is 6.17 Å². The maximum Gasteiger partial charge on any atom is 0.337 e. The van der Waals surface area contributed by atoms with Gasteiger partial charge in [-0.05, 0) is 12.1 Å². The molecule has 2 aliphatic rings. The van der Waals surface area contributed by atoms with Crippen molar-refractivity contribution in [3.63, 3.8) is 0 Å². The summed E-state index contributed by atoms with van der Waals surface area (Å²) in [5.74, 6) is -0.873. The van der Waals surface area contributed by atoms with Crippen LogP contribution in [0.2, 0.25) is 0 Å². The van der Waals surface area contributed by atoms with Crippen molar-refractivity contribution in [2.75, 3.05) is 12.4 Å². The second kappa shape index (κ2) is 4.80. The largest absolute Gasteiger partial charge is 0.478 e. The number of hydrogen-bond donors (Lipinski definition) is 2. The zero-order valence-corrected chi connectivity index (χ0v) is 10.9. The van der Waals surface area contributed by atoms with Gasteiger partial charge in [-0.3, -0.25) is 9.99 Å². The van der Waals surface area contributed by atoms with Gasteiger partial charge in [0.15, 0.2) is 0 Å². The minimum atomic E-state index is -0.976. The third kappa shape index (κ3) is 2.05. The molecular weight excluding hydrogens is 256 g/mol. The molecule has 2 heterocycles. The number of fused-ring (bicyclic) bond motifs is 1. The monoisotopic (exact) mass is 270 g/mol. The van der Waals surface area contributed by atoms with E-state index >= 15 is 0 Å². The Morgan fingerprint density at radius 3 is 3.10 bits per heavy atom. The first kappa shape index (κ1) is 12.4. The summed E-state index contributed by atoms with van der Waals surface area (Å²) in [6, 6.07) is 1.48. The van der Waals surface area contributed by atoms with Crippen LogP contribution in [0, 0.1) is 5.92 Å². The van der Waals surface area contributed by atoms with Gasteiger partial charge in [-0.2, -0.15) is 5.10 Å². The molecule has 6 heteroatoms. The second-order valence-corrected chi connectivity index (χ2v) is 4.68. The molecule has 1 aliphatic heterocycles. The Morgan fingerprint density at radius 2 is 2.30 bits per heavy atom. The molecule has 2 N–H and O–H groups in total. The fraction of sp³-hybridized carbons (Fsp3) is 0.214. The van der Waals surface area contributed by atoms with Gasteiger partial charge in [-0.15, -0.1) is 0 Å². The standard InChI is InChI=1S/C14H14N4O2/c1-18-13(9-4-2-3-5-11(9)17-18)16-12-8-15-7-6-10(12)14(19)20/h2-9,13,16H,1H3,(H,19,20). The number of aromatic carboxylic acids is 1. The van der Waals surface area contributed by atoms with Gasteiger partial charge in [0.1, 0.15) is 6.17 Å². The van der Waals surface area contributed by atoms with Crippen LogP contribution < -0.4 is 5.32 Å². The van der Waals surface area contributed by atoms with Gasteiger partial charge in [-0.1, -0.05) is 18.2 Å². The Hall–Kier alpha value is -2.63. The minimum Gasteiger partial charge on any atom is -0.478 e. The number of aromatic nitrogens is 1. The van der Waals surface area contributed by atoms with Crippen molar-refractivity contribution >= 4 is 17.4 Å². The van der Waals surface area contributed by atoms with Crippen LogP contribution in [0.1, 0.15) is 10.4 Å². The van der Waals surface area contributed by atoms with Gasteiger partial charge in [0.2, 0.25) is 0 Å². The summed E-state index contributed by atoms with van der Waals surface area (Å²) in [7, 11) is 1.86. The van der Waals surface area contributed by atoms with Gasteiger partial charge in [0, 0.05) is 13.2 Å². The number of rotatable bonds is 3. The molecule has 0 aromatic carbocycles. The van der Waals surface area contributed by atoms with Crippen molar-refractivity contribution in [1.82, 2.24) is 9.99 Å². The van der Waals surface area contributed by atoms with E-state index in [9.17, 15) is 9.90 Å². The summed E-state index contributed by atoms with van der Waals surface area (Å²) in [6.45, 7) is 0. The average Bonchev–Trinajstić information content (AvgIpc) is 2.76. The van der Waals surface area contributed by atoms with Gasteiger partial charge in [0.25, 0.3) is 0 Å². The summed E-state index contributed by atoms with van der Waals surface area (Å²) in [6.07, 6.45) is 10.8. The van der Waals surface area contributed by atoms with E-state index in [-0.39, 0.29) is 17.6 Å². The summed E-state index contributed by atoms with van der Waals surface area (Å²) in [4.78, 5) is 15.2. The lowest BCUT2D eigenvalue weighted by Crippen LogP contribution is -2.38. The fourth-order valence-corrected chi connectivity index (χ4v) is 2.43. The molecule has 3 rings (SSSR count). The normalized spacial score (nSPS) is 23.4. The summed E-state index contributed by atoms with van der Waals surface area (Å²) < 4.78 is 0. The van der Waals surface area contributed by atoms with Gasteiger partial charge >= 0.3 is 5.97 Å². The third-order valence-electron chi connectivity index (χ3n) is 3.41. The smallest absolute Gasteiger partial charge is 0.337 e. The Bertz CT molecular complexity index is 636. The van der Waals surface area contributed by atoms with Crippen molar-refractivity contribution in [1.29, 1.82) is 0 Å². The van der Waals surface area contributed by atoms with Crippen LogP contribution in [0.15, 0.2) is 47.9 Å². The molecule has 0 bridgehead atoms. The van der Waals surface area contributed by atoms with Crippen LogP contribution in [-0.4, -0.2) is 40.0 Å². The van der Waals surface area contributed by atoms with E-state index in [4.69, 9.17) is 0 Å². The van der Waals surface area contributed by atoms with Gasteiger partial charge in [0.05, 0.1) is 29.1 Å². The molecule has 2 unspecified atom stereocenters. The first-order chi connectivity index (χ1) is 9.66. The molecule has 0 fully saturated rings. The first-order valence-electron chi connectivity index (χ1n) is 6.27. The number of hydrazone groups is 1. The van der Waals surface area contributed by atoms with Crippen molar-refractivity contribution < 1.29 is 9.90 Å². The number of hydrogen-bond acceptors (Lipinski definition) is 5. The van der Waals surface area contributed by atoms with Crippen molar-refractivity contribution in [3.8, 4) is 0 Å². The quantitative estimate of drug-likeness (QED) is 0.871. The van der Waals surface area contributed by atoms with Crippen LogP contribution in [-0.2, 0) is 0 Å². The molecule has 102 valence electrons. The summed E-state index contributed by atoms with van der Waals surface area (Å²) in [5, 5.41) is 18.7. The van der Waals surface area contributed by atoms with E-state index in [0.29, 0.717) is 5.69 Å². The van der Waals surface area contributed by atoms with Crippen LogP contribution in [0.25, 0.3) is 0 Å². The number of nitrogens with one attached hydrogen (secondary N) is 1. The zero-order valence-electron chi connectivity index (χ0n) is 10.9. The molecule has 6 nitrogen and oxygen atoms in total. The Kier molecular flexibility index (Phi) is 2.98. The van der Waals surface area contributed by atoms with E-state index in [1.165, 1.54) is 18.5 Å². The number of nitrogens with zero attached hydrogens (tertiary/aromatic N) is 3. The van der Waals surface area contributed by atoms with Gasteiger partial charge in [-0.25, -0.2) is 4.79 Å². The molecule has 1 aliphatic carbocycles. The predicted octanol–water partition coefficient (Wildman–Crippen LogP) is 1.56. The molecule has 0 radical (unpaired) electrons. The molecule has 1 aromatic heterocycles. The highest BCUT2D eigenvalue weighted by Gasteiger charge is 2.33. The Balaban J connectivity index is 1.87.